The van der Waals surface area contributed by atoms with Gasteiger partial charge in [-0.25, -0.2) is 8.42 Å². The highest BCUT2D eigenvalue weighted by atomic mass is 32.2. The summed E-state index contributed by atoms with van der Waals surface area (Å²) in [4.78, 5) is 17.6. The Balaban J connectivity index is 2.16. The first-order valence-electron chi connectivity index (χ1n) is 8.37. The van der Waals surface area contributed by atoms with Crippen LogP contribution < -0.4 is 0 Å². The summed E-state index contributed by atoms with van der Waals surface area (Å²) in [6.45, 7) is 5.56. The van der Waals surface area contributed by atoms with Gasteiger partial charge >= 0.3 is 0 Å². The Morgan fingerprint density at radius 2 is 1.69 bits per heavy atom. The summed E-state index contributed by atoms with van der Waals surface area (Å²) in [6.07, 6.45) is 3.35. The molecule has 0 aliphatic carbocycles. The van der Waals surface area contributed by atoms with E-state index in [-0.39, 0.29) is 10.7 Å². The Morgan fingerprint density at radius 1 is 1.08 bits per heavy atom. The molecule has 1 aliphatic heterocycles. The van der Waals surface area contributed by atoms with E-state index in [2.05, 4.69) is 4.98 Å². The number of carbonyl (C=O) groups excluding carboxylic acids is 1. The van der Waals surface area contributed by atoms with Crippen molar-refractivity contribution in [3.63, 3.8) is 0 Å². The zero-order valence-corrected chi connectivity index (χ0v) is 16.1. The monoisotopic (exact) mass is 371 g/mol. The number of aromatic nitrogens is 1. The minimum absolute atomic E-state index is 0.0900. The molecule has 1 unspecified atom stereocenters. The summed E-state index contributed by atoms with van der Waals surface area (Å²) in [5, 5.41) is 0. The minimum atomic E-state index is -3.29. The average Bonchev–Trinajstić information content (AvgIpc) is 2.87. The molecule has 0 fully saturated rings. The largest absolute Gasteiger partial charge is 0.478 e. The molecule has 2 aromatic rings. The summed E-state index contributed by atoms with van der Waals surface area (Å²) >= 11 is 0. The number of ether oxygens (including phenoxy) is 1. The Labute approximate surface area is 153 Å². The zero-order valence-electron chi connectivity index (χ0n) is 15.2. The number of benzene rings is 1. The lowest BCUT2D eigenvalue weighted by Gasteiger charge is -2.21. The predicted molar refractivity (Wildman–Crippen MR) is 100 cm³/mol. The maximum atomic E-state index is 13.0. The van der Waals surface area contributed by atoms with Crippen molar-refractivity contribution >= 4 is 27.0 Å². The van der Waals surface area contributed by atoms with Crippen molar-refractivity contribution in [3.8, 4) is 0 Å². The van der Waals surface area contributed by atoms with Gasteiger partial charge in [0.2, 0.25) is 5.78 Å². The molecule has 0 saturated heterocycles. The normalized spacial score (nSPS) is 20.4. The SMILES string of the molecule is CCC1(C)OC(c2ccc(S(C)(=O)=O)cc2)=C(c2ccc(C)nc2)C1=O. The van der Waals surface area contributed by atoms with Crippen LogP contribution in [0.3, 0.4) is 0 Å². The summed E-state index contributed by atoms with van der Waals surface area (Å²) in [5.41, 5.74) is 1.76. The second-order valence-corrected chi connectivity index (χ2v) is 8.72. The number of aryl methyl sites for hydroxylation is 1. The number of sulfone groups is 1. The Kier molecular flexibility index (Phi) is 4.48. The van der Waals surface area contributed by atoms with Crippen LogP contribution in [0.1, 0.15) is 37.1 Å². The number of hydrogen-bond acceptors (Lipinski definition) is 5. The van der Waals surface area contributed by atoms with Gasteiger partial charge in [-0.15, -0.1) is 0 Å². The van der Waals surface area contributed by atoms with Crippen LogP contribution in [0, 0.1) is 6.92 Å². The first-order valence-corrected chi connectivity index (χ1v) is 10.3. The van der Waals surface area contributed by atoms with Crippen molar-refractivity contribution < 1.29 is 17.9 Å². The third-order valence-corrected chi connectivity index (χ3v) is 5.81. The standard InChI is InChI=1S/C20H21NO4S/c1-5-20(3)19(22)17(15-7-6-13(2)21-12-15)18(25-20)14-8-10-16(11-9-14)26(4,23)24/h6-12H,5H2,1-4H3. The number of carbonyl (C=O) groups is 1. The molecular weight excluding hydrogens is 350 g/mol. The number of pyridine rings is 1. The lowest BCUT2D eigenvalue weighted by atomic mass is 9.90. The molecule has 1 atom stereocenters. The van der Waals surface area contributed by atoms with E-state index in [0.717, 1.165) is 11.9 Å². The van der Waals surface area contributed by atoms with Crippen LogP contribution >= 0.6 is 0 Å². The molecule has 3 rings (SSSR count). The van der Waals surface area contributed by atoms with Gasteiger partial charge in [-0.3, -0.25) is 9.78 Å². The maximum absolute atomic E-state index is 13.0. The van der Waals surface area contributed by atoms with E-state index in [1.165, 1.54) is 12.1 Å². The quantitative estimate of drug-likeness (QED) is 0.823. The summed E-state index contributed by atoms with van der Waals surface area (Å²) in [6, 6.07) is 10.1. The highest BCUT2D eigenvalue weighted by Crippen LogP contribution is 2.42. The summed E-state index contributed by atoms with van der Waals surface area (Å²) < 4.78 is 29.4. The van der Waals surface area contributed by atoms with Crippen molar-refractivity contribution in [1.82, 2.24) is 4.98 Å². The molecule has 0 amide bonds. The molecule has 0 spiro atoms. The van der Waals surface area contributed by atoms with Crippen molar-refractivity contribution in [1.29, 1.82) is 0 Å². The third-order valence-electron chi connectivity index (χ3n) is 4.68. The van der Waals surface area contributed by atoms with Gasteiger partial charge in [0.05, 0.1) is 10.5 Å². The molecule has 5 nitrogen and oxygen atoms in total. The molecule has 0 bridgehead atoms. The summed E-state index contributed by atoms with van der Waals surface area (Å²) in [7, 11) is -3.29. The van der Waals surface area contributed by atoms with E-state index in [4.69, 9.17) is 4.74 Å². The van der Waals surface area contributed by atoms with Gasteiger partial charge in [0.25, 0.3) is 0 Å². The topological polar surface area (TPSA) is 73.3 Å². The van der Waals surface area contributed by atoms with Gasteiger partial charge in [-0.2, -0.15) is 0 Å². The number of rotatable bonds is 4. The van der Waals surface area contributed by atoms with Gasteiger partial charge in [0.15, 0.2) is 15.4 Å². The van der Waals surface area contributed by atoms with Crippen molar-refractivity contribution in [2.24, 2.45) is 0 Å². The molecule has 2 heterocycles. The van der Waals surface area contributed by atoms with E-state index in [1.54, 1.807) is 25.3 Å². The molecule has 136 valence electrons. The molecular formula is C20H21NO4S. The van der Waals surface area contributed by atoms with E-state index in [9.17, 15) is 13.2 Å². The summed E-state index contributed by atoms with van der Waals surface area (Å²) in [5.74, 6) is 0.373. The van der Waals surface area contributed by atoms with E-state index in [1.807, 2.05) is 26.0 Å². The van der Waals surface area contributed by atoms with Crippen LogP contribution in [-0.4, -0.2) is 31.0 Å². The number of ketones is 1. The van der Waals surface area contributed by atoms with Crippen LogP contribution in [0.25, 0.3) is 11.3 Å². The lowest BCUT2D eigenvalue weighted by molar-refractivity contribution is -0.126. The van der Waals surface area contributed by atoms with Crippen molar-refractivity contribution in [2.45, 2.75) is 37.7 Å². The fourth-order valence-corrected chi connectivity index (χ4v) is 3.49. The molecule has 1 aromatic heterocycles. The molecule has 0 radical (unpaired) electrons. The van der Waals surface area contributed by atoms with Crippen LogP contribution in [0.4, 0.5) is 0 Å². The van der Waals surface area contributed by atoms with Crippen molar-refractivity contribution in [2.75, 3.05) is 6.26 Å². The number of Topliss-reactive ketones (excluding diaryl/α,β-unsaturated/α-hetero) is 1. The van der Waals surface area contributed by atoms with E-state index < -0.39 is 15.4 Å². The van der Waals surface area contributed by atoms with Gasteiger partial charge in [-0.1, -0.05) is 13.0 Å². The molecule has 26 heavy (non-hydrogen) atoms. The highest BCUT2D eigenvalue weighted by molar-refractivity contribution is 7.90. The smallest absolute Gasteiger partial charge is 0.210 e. The Hall–Kier alpha value is -2.47. The fourth-order valence-electron chi connectivity index (χ4n) is 2.86. The Bertz CT molecular complexity index is 989. The van der Waals surface area contributed by atoms with Gasteiger partial charge in [0, 0.05) is 29.3 Å². The van der Waals surface area contributed by atoms with Gasteiger partial charge in [-0.05, 0) is 50.6 Å². The molecule has 1 aliphatic rings. The van der Waals surface area contributed by atoms with Crippen LogP contribution in [0.2, 0.25) is 0 Å². The van der Waals surface area contributed by atoms with Gasteiger partial charge < -0.3 is 4.74 Å². The zero-order chi connectivity index (χ0) is 19.1. The second kappa shape index (κ2) is 6.36. The fraction of sp³-hybridized carbons (Fsp3) is 0.300. The molecule has 6 heteroatoms. The predicted octanol–water partition coefficient (Wildman–Crippen LogP) is 3.43. The maximum Gasteiger partial charge on any atom is 0.210 e. The molecule has 1 aromatic carbocycles. The number of nitrogens with zero attached hydrogens (tertiary/aromatic N) is 1. The van der Waals surface area contributed by atoms with E-state index in [0.29, 0.717) is 28.9 Å². The van der Waals surface area contributed by atoms with Crippen molar-refractivity contribution in [3.05, 3.63) is 59.4 Å². The highest BCUT2D eigenvalue weighted by Gasteiger charge is 2.45. The Morgan fingerprint density at radius 3 is 2.19 bits per heavy atom. The first kappa shape index (κ1) is 18.3. The number of hydrogen-bond donors (Lipinski definition) is 0. The third kappa shape index (κ3) is 3.17. The molecule has 0 N–H and O–H groups in total. The second-order valence-electron chi connectivity index (χ2n) is 6.70. The van der Waals surface area contributed by atoms with Crippen LogP contribution in [0.5, 0.6) is 0 Å². The minimum Gasteiger partial charge on any atom is -0.478 e. The van der Waals surface area contributed by atoms with Crippen LogP contribution in [-0.2, 0) is 19.4 Å². The average molecular weight is 371 g/mol. The first-order chi connectivity index (χ1) is 12.2. The van der Waals surface area contributed by atoms with E-state index >= 15 is 0 Å². The van der Waals surface area contributed by atoms with Gasteiger partial charge in [0.1, 0.15) is 5.76 Å². The molecule has 0 saturated carbocycles. The lowest BCUT2D eigenvalue weighted by Crippen LogP contribution is -2.32. The van der Waals surface area contributed by atoms with Crippen LogP contribution in [0.15, 0.2) is 47.5 Å².